The summed E-state index contributed by atoms with van der Waals surface area (Å²) in [7, 11) is 1.56. The lowest BCUT2D eigenvalue weighted by Crippen LogP contribution is -2.31. The molecule has 0 radical (unpaired) electrons. The Morgan fingerprint density at radius 2 is 1.72 bits per heavy atom. The molecule has 3 aromatic rings. The number of amides is 1. The lowest BCUT2D eigenvalue weighted by Gasteiger charge is -2.28. The lowest BCUT2D eigenvalue weighted by atomic mass is 9.92. The number of carbonyl (C=O) groups excluding carboxylic acids is 2. The van der Waals surface area contributed by atoms with E-state index in [1.807, 2.05) is 69.3 Å². The quantitative estimate of drug-likeness (QED) is 0.414. The van der Waals surface area contributed by atoms with Crippen LogP contribution in [0.3, 0.4) is 0 Å². The number of aryl methyl sites for hydroxylation is 3. The average Bonchev–Trinajstić information content (AvgIpc) is 3.15. The van der Waals surface area contributed by atoms with Crippen LogP contribution in [0.2, 0.25) is 0 Å². The number of hydrogen-bond acceptors (Lipinski definition) is 5. The second-order valence-corrected chi connectivity index (χ2v) is 8.86. The maximum atomic E-state index is 13.5. The molecular formula is C30H31NO5. The van der Waals surface area contributed by atoms with E-state index in [1.54, 1.807) is 25.3 Å². The normalized spacial score (nSPS) is 15.4. The fraction of sp³-hybridized carbons (Fsp3) is 0.267. The van der Waals surface area contributed by atoms with Gasteiger partial charge in [-0.3, -0.25) is 14.5 Å². The molecule has 1 aliphatic heterocycles. The van der Waals surface area contributed by atoms with Crippen molar-refractivity contribution in [3.05, 3.63) is 100 Å². The molecule has 0 saturated heterocycles. The summed E-state index contributed by atoms with van der Waals surface area (Å²) in [5.41, 5.74) is 4.47. The van der Waals surface area contributed by atoms with Gasteiger partial charge in [0.1, 0.15) is 0 Å². The van der Waals surface area contributed by atoms with E-state index in [-0.39, 0.29) is 17.8 Å². The molecule has 1 N–H and O–H groups in total. The van der Waals surface area contributed by atoms with E-state index >= 15 is 0 Å². The summed E-state index contributed by atoms with van der Waals surface area (Å²) < 4.78 is 11.2. The molecule has 6 heteroatoms. The first kappa shape index (κ1) is 25.0. The highest BCUT2D eigenvalue weighted by Gasteiger charge is 2.44. The van der Waals surface area contributed by atoms with Crippen molar-refractivity contribution >= 4 is 17.4 Å². The van der Waals surface area contributed by atoms with Crippen molar-refractivity contribution in [3.8, 4) is 11.5 Å². The molecule has 6 nitrogen and oxygen atoms in total. The van der Waals surface area contributed by atoms with Crippen LogP contribution in [0.15, 0.2) is 78.1 Å². The van der Waals surface area contributed by atoms with Crippen molar-refractivity contribution in [1.82, 2.24) is 0 Å². The number of nitrogens with zero attached hydrogens (tertiary/aromatic N) is 1. The highest BCUT2D eigenvalue weighted by atomic mass is 16.5. The third kappa shape index (κ3) is 4.85. The molecule has 0 aromatic heterocycles. The molecule has 0 saturated carbocycles. The lowest BCUT2D eigenvalue weighted by molar-refractivity contribution is -0.118. The van der Waals surface area contributed by atoms with Crippen LogP contribution in [0, 0.1) is 13.8 Å². The smallest absolute Gasteiger partial charge is 0.294 e. The standard InChI is InChI=1S/C30H31NO5/c1-5-36-26-18-22(13-16-25(26)35-4)28-27(24(32)15-12-21-9-7-6-8-10-21)29(33)30(34)31(28)23-14-11-19(2)20(3)17-23/h6-11,13-14,16-18,28,33H,5,12,15H2,1-4H3. The first-order chi connectivity index (χ1) is 17.3. The van der Waals surface area contributed by atoms with E-state index in [4.69, 9.17) is 9.47 Å². The third-order valence-corrected chi connectivity index (χ3v) is 6.56. The summed E-state index contributed by atoms with van der Waals surface area (Å²) in [5, 5.41) is 11.0. The van der Waals surface area contributed by atoms with Crippen LogP contribution in [-0.2, 0) is 16.0 Å². The van der Waals surface area contributed by atoms with Crippen molar-refractivity contribution in [2.45, 2.75) is 39.7 Å². The van der Waals surface area contributed by atoms with Crippen LogP contribution in [0.25, 0.3) is 0 Å². The number of hydrogen-bond donors (Lipinski definition) is 1. The minimum Gasteiger partial charge on any atom is -0.503 e. The molecule has 0 aliphatic carbocycles. The molecule has 0 spiro atoms. The van der Waals surface area contributed by atoms with Gasteiger partial charge in [0.2, 0.25) is 0 Å². The molecule has 1 unspecified atom stereocenters. The molecule has 1 amide bonds. The van der Waals surface area contributed by atoms with Gasteiger partial charge >= 0.3 is 0 Å². The van der Waals surface area contributed by atoms with Crippen LogP contribution < -0.4 is 14.4 Å². The third-order valence-electron chi connectivity index (χ3n) is 6.56. The zero-order valence-corrected chi connectivity index (χ0v) is 21.1. The van der Waals surface area contributed by atoms with E-state index in [1.165, 1.54) is 4.90 Å². The number of benzene rings is 3. The summed E-state index contributed by atoms with van der Waals surface area (Å²) in [6, 6.07) is 19.9. The predicted molar refractivity (Wildman–Crippen MR) is 140 cm³/mol. The molecule has 0 bridgehead atoms. The Bertz CT molecular complexity index is 1310. The number of ketones is 1. The van der Waals surface area contributed by atoms with Gasteiger partial charge in [-0.1, -0.05) is 42.5 Å². The SMILES string of the molecule is CCOc1cc(C2C(C(=O)CCc3ccccc3)=C(O)C(=O)N2c2ccc(C)c(C)c2)ccc1OC. The predicted octanol–water partition coefficient (Wildman–Crippen LogP) is 5.81. The molecule has 1 aliphatic rings. The van der Waals surface area contributed by atoms with Crippen LogP contribution >= 0.6 is 0 Å². The highest BCUT2D eigenvalue weighted by molar-refractivity contribution is 6.16. The highest BCUT2D eigenvalue weighted by Crippen LogP contribution is 2.44. The summed E-state index contributed by atoms with van der Waals surface area (Å²) in [4.78, 5) is 28.5. The average molecular weight is 486 g/mol. The van der Waals surface area contributed by atoms with Crippen LogP contribution in [0.4, 0.5) is 5.69 Å². The van der Waals surface area contributed by atoms with Crippen molar-refractivity contribution in [1.29, 1.82) is 0 Å². The second kappa shape index (κ2) is 10.7. The fourth-order valence-corrected chi connectivity index (χ4v) is 4.52. The molecular weight excluding hydrogens is 454 g/mol. The Morgan fingerprint density at radius 3 is 2.39 bits per heavy atom. The zero-order chi connectivity index (χ0) is 25.8. The topological polar surface area (TPSA) is 76.1 Å². The van der Waals surface area contributed by atoms with Crippen molar-refractivity contribution in [3.63, 3.8) is 0 Å². The Kier molecular flexibility index (Phi) is 7.44. The van der Waals surface area contributed by atoms with Crippen LogP contribution in [0.5, 0.6) is 11.5 Å². The number of rotatable bonds is 9. The van der Waals surface area contributed by atoms with Gasteiger partial charge in [-0.15, -0.1) is 0 Å². The monoisotopic (exact) mass is 485 g/mol. The van der Waals surface area contributed by atoms with E-state index in [0.717, 1.165) is 16.7 Å². The maximum Gasteiger partial charge on any atom is 0.294 e. The van der Waals surface area contributed by atoms with Crippen molar-refractivity contribution < 1.29 is 24.2 Å². The van der Waals surface area contributed by atoms with Crippen molar-refractivity contribution in [2.24, 2.45) is 0 Å². The van der Waals surface area contributed by atoms with Crippen LogP contribution in [0.1, 0.15) is 41.6 Å². The Hall–Kier alpha value is -4.06. The summed E-state index contributed by atoms with van der Waals surface area (Å²) in [6.45, 7) is 6.26. The Morgan fingerprint density at radius 1 is 0.972 bits per heavy atom. The largest absolute Gasteiger partial charge is 0.503 e. The van der Waals surface area contributed by atoms with Gasteiger partial charge < -0.3 is 14.6 Å². The van der Waals surface area contributed by atoms with E-state index in [0.29, 0.717) is 35.8 Å². The van der Waals surface area contributed by atoms with Gasteiger partial charge in [0.05, 0.1) is 25.3 Å². The van der Waals surface area contributed by atoms with E-state index in [2.05, 4.69) is 0 Å². The summed E-state index contributed by atoms with van der Waals surface area (Å²) in [5.74, 6) is -0.319. The number of aliphatic hydroxyl groups is 1. The molecule has 1 heterocycles. The minimum absolute atomic E-state index is 0.0989. The number of anilines is 1. The van der Waals surface area contributed by atoms with Crippen molar-refractivity contribution in [2.75, 3.05) is 18.6 Å². The summed E-state index contributed by atoms with van der Waals surface area (Å²) >= 11 is 0. The fourth-order valence-electron chi connectivity index (χ4n) is 4.52. The first-order valence-electron chi connectivity index (χ1n) is 12.1. The Labute approximate surface area is 211 Å². The van der Waals surface area contributed by atoms with Crippen LogP contribution in [-0.4, -0.2) is 30.5 Å². The number of Topliss-reactive ketones (excluding diaryl/α,β-unsaturated/α-hetero) is 1. The van der Waals surface area contributed by atoms with Gasteiger partial charge in [0, 0.05) is 12.1 Å². The zero-order valence-electron chi connectivity index (χ0n) is 21.1. The number of ether oxygens (including phenoxy) is 2. The number of aliphatic hydroxyl groups excluding tert-OH is 1. The molecule has 36 heavy (non-hydrogen) atoms. The summed E-state index contributed by atoms with van der Waals surface area (Å²) in [6.07, 6.45) is 0.677. The van der Waals surface area contributed by atoms with E-state index < -0.39 is 17.7 Å². The molecule has 3 aromatic carbocycles. The molecule has 1 atom stereocenters. The number of carbonyl (C=O) groups is 2. The van der Waals surface area contributed by atoms with Gasteiger partial charge in [-0.2, -0.15) is 0 Å². The second-order valence-electron chi connectivity index (χ2n) is 8.86. The molecule has 186 valence electrons. The first-order valence-corrected chi connectivity index (χ1v) is 12.1. The van der Waals surface area contributed by atoms with Gasteiger partial charge in [-0.05, 0) is 73.7 Å². The molecule has 4 rings (SSSR count). The van der Waals surface area contributed by atoms with Gasteiger partial charge in [0.15, 0.2) is 23.0 Å². The number of methoxy groups -OCH3 is 1. The van der Waals surface area contributed by atoms with E-state index in [9.17, 15) is 14.7 Å². The maximum absolute atomic E-state index is 13.5. The van der Waals surface area contributed by atoms with Gasteiger partial charge in [-0.25, -0.2) is 0 Å². The molecule has 0 fully saturated rings. The van der Waals surface area contributed by atoms with Gasteiger partial charge in [0.25, 0.3) is 5.91 Å². The minimum atomic E-state index is -0.798. The Balaban J connectivity index is 1.79.